The highest BCUT2D eigenvalue weighted by Gasteiger charge is 2.33. The molecule has 1 aromatic heterocycles. The van der Waals surface area contributed by atoms with Crippen molar-refractivity contribution in [3.63, 3.8) is 0 Å². The van der Waals surface area contributed by atoms with Gasteiger partial charge in [-0.1, -0.05) is 25.1 Å². The Bertz CT molecular complexity index is 1080. The van der Waals surface area contributed by atoms with Gasteiger partial charge in [0.25, 0.3) is 5.91 Å². The van der Waals surface area contributed by atoms with Crippen molar-refractivity contribution in [2.45, 2.75) is 38.6 Å². The lowest BCUT2D eigenvalue weighted by atomic mass is 9.80. The topological polar surface area (TPSA) is 49.6 Å². The summed E-state index contributed by atoms with van der Waals surface area (Å²) < 4.78 is 1.92. The van der Waals surface area contributed by atoms with Gasteiger partial charge in [0, 0.05) is 30.7 Å². The smallest absolute Gasteiger partial charge is 0.273 e. The number of carbonyl (C=O) groups excluding carboxylic acids is 1. The van der Waals surface area contributed by atoms with Gasteiger partial charge >= 0.3 is 0 Å². The molecule has 1 atom stereocenters. The third-order valence-corrected chi connectivity index (χ3v) is 6.07. The number of hydrazone groups is 1. The van der Waals surface area contributed by atoms with Crippen molar-refractivity contribution in [1.29, 1.82) is 0 Å². The molecule has 0 saturated carbocycles. The van der Waals surface area contributed by atoms with E-state index in [1.165, 1.54) is 11.3 Å². The minimum Gasteiger partial charge on any atom is -0.369 e. The van der Waals surface area contributed by atoms with E-state index in [0.717, 1.165) is 17.7 Å². The van der Waals surface area contributed by atoms with Crippen LogP contribution in [0.15, 0.2) is 72.1 Å². The predicted molar refractivity (Wildman–Crippen MR) is 123 cm³/mol. The number of benzene rings is 2. The van der Waals surface area contributed by atoms with E-state index >= 15 is 0 Å². The molecule has 4 rings (SSSR count). The molecule has 5 nitrogen and oxygen atoms in total. The van der Waals surface area contributed by atoms with E-state index in [4.69, 9.17) is 0 Å². The number of aromatic nitrogens is 1. The number of nitrogens with one attached hydrogen (secondary N) is 1. The second-order valence-electron chi connectivity index (χ2n) is 8.60. The summed E-state index contributed by atoms with van der Waals surface area (Å²) in [5.74, 6) is 0.242. The second-order valence-corrected chi connectivity index (χ2v) is 8.60. The molecule has 154 valence electrons. The zero-order chi connectivity index (χ0) is 21.3. The van der Waals surface area contributed by atoms with Crippen molar-refractivity contribution < 1.29 is 4.79 Å². The van der Waals surface area contributed by atoms with E-state index in [-0.39, 0.29) is 11.4 Å². The van der Waals surface area contributed by atoms with Gasteiger partial charge < -0.3 is 9.47 Å². The highest BCUT2D eigenvalue weighted by atomic mass is 16.2. The first-order valence-electron chi connectivity index (χ1n) is 10.3. The van der Waals surface area contributed by atoms with Crippen LogP contribution in [0, 0.1) is 0 Å². The lowest BCUT2D eigenvalue weighted by Crippen LogP contribution is -2.45. The van der Waals surface area contributed by atoms with Crippen molar-refractivity contribution in [3.05, 3.63) is 83.7 Å². The third kappa shape index (κ3) is 3.75. The Hall–Kier alpha value is -3.34. The number of para-hydroxylation sites is 1. The zero-order valence-corrected chi connectivity index (χ0v) is 18.0. The summed E-state index contributed by atoms with van der Waals surface area (Å²) in [4.78, 5) is 15.1. The van der Waals surface area contributed by atoms with Crippen LogP contribution in [0.3, 0.4) is 0 Å². The normalized spacial score (nSPS) is 17.7. The van der Waals surface area contributed by atoms with Gasteiger partial charge in [-0.2, -0.15) is 5.10 Å². The average Bonchev–Trinajstić information content (AvgIpc) is 3.26. The van der Waals surface area contributed by atoms with Gasteiger partial charge in [0.1, 0.15) is 0 Å². The molecule has 3 aromatic rings. The zero-order valence-electron chi connectivity index (χ0n) is 18.0. The number of amides is 1. The van der Waals surface area contributed by atoms with Gasteiger partial charge in [0.2, 0.25) is 0 Å². The summed E-state index contributed by atoms with van der Waals surface area (Å²) in [5.41, 5.74) is 7.78. The van der Waals surface area contributed by atoms with Crippen molar-refractivity contribution in [3.8, 4) is 5.69 Å². The predicted octanol–water partition coefficient (Wildman–Crippen LogP) is 4.96. The van der Waals surface area contributed by atoms with E-state index in [2.05, 4.69) is 55.4 Å². The lowest BCUT2D eigenvalue weighted by Gasteiger charge is -2.45. The van der Waals surface area contributed by atoms with E-state index in [1.807, 2.05) is 53.4 Å². The number of anilines is 1. The van der Waals surface area contributed by atoms with Gasteiger partial charge in [0.05, 0.1) is 17.5 Å². The van der Waals surface area contributed by atoms with Gasteiger partial charge in [-0.25, -0.2) is 5.43 Å². The molecule has 0 saturated heterocycles. The van der Waals surface area contributed by atoms with Crippen LogP contribution < -0.4 is 10.3 Å². The van der Waals surface area contributed by atoms with Gasteiger partial charge in [-0.05, 0) is 73.7 Å². The molecule has 2 aromatic carbocycles. The largest absolute Gasteiger partial charge is 0.369 e. The number of rotatable bonds is 4. The molecule has 1 amide bonds. The molecule has 1 N–H and O–H groups in total. The maximum Gasteiger partial charge on any atom is 0.273 e. The lowest BCUT2D eigenvalue weighted by molar-refractivity contribution is 0.0955. The molecule has 0 bridgehead atoms. The molecule has 2 heterocycles. The maximum atomic E-state index is 12.7. The molecule has 30 heavy (non-hydrogen) atoms. The van der Waals surface area contributed by atoms with Crippen LogP contribution in [-0.2, 0) is 0 Å². The number of hydrogen-bond acceptors (Lipinski definition) is 3. The number of carbonyl (C=O) groups is 1. The van der Waals surface area contributed by atoms with Gasteiger partial charge in [-0.15, -0.1) is 0 Å². The molecule has 0 radical (unpaired) electrons. The fourth-order valence-electron chi connectivity index (χ4n) is 4.29. The Balaban J connectivity index is 1.51. The summed E-state index contributed by atoms with van der Waals surface area (Å²) in [5, 5.41) is 4.21. The monoisotopic (exact) mass is 400 g/mol. The Morgan fingerprint density at radius 2 is 1.83 bits per heavy atom. The first-order chi connectivity index (χ1) is 14.4. The van der Waals surface area contributed by atoms with Crippen molar-refractivity contribution in [2.75, 3.05) is 11.9 Å². The minimum absolute atomic E-state index is 0.142. The number of hydrogen-bond donors (Lipinski definition) is 1. The molecule has 1 unspecified atom stereocenters. The molecular weight excluding hydrogens is 372 g/mol. The fourth-order valence-corrected chi connectivity index (χ4v) is 4.29. The van der Waals surface area contributed by atoms with Gasteiger partial charge in [0.15, 0.2) is 0 Å². The Kier molecular flexibility index (Phi) is 5.20. The number of nitrogens with zero attached hydrogens (tertiary/aromatic N) is 3. The van der Waals surface area contributed by atoms with Crippen LogP contribution >= 0.6 is 0 Å². The Morgan fingerprint density at radius 3 is 2.60 bits per heavy atom. The highest BCUT2D eigenvalue weighted by Crippen LogP contribution is 2.42. The third-order valence-electron chi connectivity index (χ3n) is 6.07. The van der Waals surface area contributed by atoms with Gasteiger partial charge in [-0.3, -0.25) is 4.79 Å². The van der Waals surface area contributed by atoms with Crippen LogP contribution in [0.5, 0.6) is 0 Å². The van der Waals surface area contributed by atoms with Crippen LogP contribution in [0.1, 0.15) is 54.6 Å². The SMILES string of the molecule is CC1CC(C)(C)N(C)c2ccc(/C=N/NC(=O)c3ccccc3-n3cccc3)cc21. The first-order valence-corrected chi connectivity index (χ1v) is 10.3. The molecule has 1 aliphatic rings. The van der Waals surface area contributed by atoms with E-state index in [9.17, 15) is 4.79 Å². The number of fused-ring (bicyclic) bond motifs is 1. The summed E-state index contributed by atoms with van der Waals surface area (Å²) in [6, 6.07) is 17.7. The quantitative estimate of drug-likeness (QED) is 0.497. The van der Waals surface area contributed by atoms with Crippen molar-refractivity contribution in [2.24, 2.45) is 5.10 Å². The fraction of sp³-hybridized carbons (Fsp3) is 0.280. The van der Waals surface area contributed by atoms with E-state index in [0.29, 0.717) is 11.5 Å². The second kappa shape index (κ2) is 7.82. The van der Waals surface area contributed by atoms with Crippen molar-refractivity contribution in [1.82, 2.24) is 9.99 Å². The first kappa shape index (κ1) is 20.0. The molecule has 5 heteroatoms. The molecule has 0 aliphatic carbocycles. The minimum atomic E-state index is -0.233. The highest BCUT2D eigenvalue weighted by molar-refractivity contribution is 5.98. The molecule has 1 aliphatic heterocycles. The maximum absolute atomic E-state index is 12.7. The van der Waals surface area contributed by atoms with E-state index < -0.39 is 0 Å². The van der Waals surface area contributed by atoms with Crippen LogP contribution in [-0.4, -0.2) is 29.3 Å². The molecule has 0 spiro atoms. The Morgan fingerprint density at radius 1 is 1.10 bits per heavy atom. The average molecular weight is 401 g/mol. The van der Waals surface area contributed by atoms with E-state index in [1.54, 1.807) is 12.3 Å². The Labute approximate surface area is 178 Å². The van der Waals surface area contributed by atoms with Crippen LogP contribution in [0.2, 0.25) is 0 Å². The standard InChI is InChI=1S/C25H28N4O/c1-18-16-25(2,3)28(4)22-12-11-19(15-21(18)22)17-26-27-24(30)20-9-5-6-10-23(20)29-13-7-8-14-29/h5-15,17-18H,16H2,1-4H3,(H,27,30)/b26-17+. The summed E-state index contributed by atoms with van der Waals surface area (Å²) in [7, 11) is 2.15. The molecular formula is C25H28N4O. The summed E-state index contributed by atoms with van der Waals surface area (Å²) in [6.45, 7) is 6.83. The van der Waals surface area contributed by atoms with Crippen LogP contribution in [0.25, 0.3) is 5.69 Å². The van der Waals surface area contributed by atoms with Crippen LogP contribution in [0.4, 0.5) is 5.69 Å². The summed E-state index contributed by atoms with van der Waals surface area (Å²) >= 11 is 0. The summed E-state index contributed by atoms with van der Waals surface area (Å²) in [6.07, 6.45) is 6.65. The van der Waals surface area contributed by atoms with Crippen molar-refractivity contribution >= 4 is 17.8 Å². The molecule has 0 fully saturated rings.